The standard InChI is InChI=1S/C42H31F3N12O/c1-25(28-12-35(22-48-21-28)53-32-13-34(19-46)56-39(17-32)54-29-4-2-26-8-10-49-37(26)15-29)20-47-23-36-14-33(52-31-6-7-41(51-24-31)58-42(43,44)45)18-40(57-36)55-30-5-3-27-9-11-50-38(27)16-30/h2-18,21-22,24-25,52,57H,20H2,1H3,(H3,49,50,53,54,55,56)/p+1. The van der Waals surface area contributed by atoms with Crippen LogP contribution < -0.4 is 26.0 Å². The molecule has 6 heterocycles. The molecule has 16 heteroatoms. The van der Waals surface area contributed by atoms with E-state index in [2.05, 4.69) is 67.9 Å². The number of fused-ring (bicyclic) bond motifs is 2. The van der Waals surface area contributed by atoms with Crippen LogP contribution in [0.1, 0.15) is 29.8 Å². The van der Waals surface area contributed by atoms with Gasteiger partial charge in [-0.25, -0.2) is 15.0 Å². The molecule has 6 N–H and O–H groups in total. The topological polar surface area (TPSA) is 169 Å². The van der Waals surface area contributed by atoms with Gasteiger partial charge in [0.05, 0.1) is 29.7 Å². The van der Waals surface area contributed by atoms with E-state index in [-0.39, 0.29) is 11.6 Å². The number of nitrogens with zero attached hydrogens (tertiary/aromatic N) is 6. The Hall–Kier alpha value is -8.11. The second-order valence-corrected chi connectivity index (χ2v) is 13.2. The molecule has 0 bridgehead atoms. The molecule has 8 rings (SSSR count). The first kappa shape index (κ1) is 36.8. The molecule has 0 saturated heterocycles. The number of benzene rings is 2. The second-order valence-electron chi connectivity index (χ2n) is 13.2. The van der Waals surface area contributed by atoms with E-state index in [4.69, 9.17) is 4.98 Å². The van der Waals surface area contributed by atoms with Crippen molar-refractivity contribution in [3.05, 3.63) is 144 Å². The van der Waals surface area contributed by atoms with Crippen LogP contribution in [0.2, 0.25) is 0 Å². The van der Waals surface area contributed by atoms with Crippen LogP contribution in [0, 0.1) is 17.4 Å². The Labute approximate surface area is 328 Å². The molecule has 0 aliphatic carbocycles. The Morgan fingerprint density at radius 1 is 0.690 bits per heavy atom. The van der Waals surface area contributed by atoms with E-state index < -0.39 is 12.2 Å². The normalized spacial score (nSPS) is 11.6. The fraction of sp³-hybridized carbons (Fsp3) is 0.0952. The number of anilines is 8. The average molecular weight is 778 g/mol. The number of nitrogens with one attached hydrogen (secondary N) is 6. The van der Waals surface area contributed by atoms with Gasteiger partial charge < -0.3 is 36.0 Å². The number of alkyl halides is 3. The summed E-state index contributed by atoms with van der Waals surface area (Å²) in [6.07, 6.45) is 3.59. The molecule has 1 atom stereocenters. The average Bonchev–Trinajstić information content (AvgIpc) is 3.87. The fourth-order valence-electron chi connectivity index (χ4n) is 6.13. The van der Waals surface area contributed by atoms with Gasteiger partial charge >= 0.3 is 12.4 Å². The van der Waals surface area contributed by atoms with Gasteiger partial charge in [0.1, 0.15) is 23.4 Å². The predicted molar refractivity (Wildman–Crippen MR) is 218 cm³/mol. The van der Waals surface area contributed by atoms with Crippen LogP contribution in [0.5, 0.6) is 5.88 Å². The summed E-state index contributed by atoms with van der Waals surface area (Å²) in [7, 11) is 0. The quantitative estimate of drug-likeness (QED) is 0.0743. The van der Waals surface area contributed by atoms with E-state index in [0.29, 0.717) is 46.6 Å². The first-order chi connectivity index (χ1) is 28.1. The summed E-state index contributed by atoms with van der Waals surface area (Å²) < 4.78 is 41.9. The first-order valence-corrected chi connectivity index (χ1v) is 17.9. The van der Waals surface area contributed by atoms with E-state index >= 15 is 0 Å². The molecule has 0 aliphatic heterocycles. The van der Waals surface area contributed by atoms with Crippen molar-refractivity contribution in [2.75, 3.05) is 27.8 Å². The van der Waals surface area contributed by atoms with Crippen LogP contribution >= 0.6 is 0 Å². The third-order valence-corrected chi connectivity index (χ3v) is 8.84. The summed E-state index contributed by atoms with van der Waals surface area (Å²) >= 11 is 0. The minimum absolute atomic E-state index is 0.0658. The molecule has 0 amide bonds. The third kappa shape index (κ3) is 9.22. The zero-order valence-electron chi connectivity index (χ0n) is 30.6. The number of pyridine rings is 4. The van der Waals surface area contributed by atoms with Crippen LogP contribution in [0.3, 0.4) is 0 Å². The zero-order chi connectivity index (χ0) is 40.1. The van der Waals surface area contributed by atoms with Gasteiger partial charge in [-0.3, -0.25) is 4.98 Å². The lowest BCUT2D eigenvalue weighted by Gasteiger charge is -2.12. The Morgan fingerprint density at radius 3 is 1.93 bits per heavy atom. The van der Waals surface area contributed by atoms with Gasteiger partial charge in [0.15, 0.2) is 5.69 Å². The number of halogens is 3. The highest BCUT2D eigenvalue weighted by atomic mass is 19.4. The van der Waals surface area contributed by atoms with Crippen LogP contribution in [0.15, 0.2) is 122 Å². The number of aromatic amines is 2. The zero-order valence-corrected chi connectivity index (χ0v) is 30.6. The van der Waals surface area contributed by atoms with Crippen molar-refractivity contribution in [1.82, 2.24) is 29.9 Å². The molecule has 2 aromatic carbocycles. The maximum Gasteiger partial charge on any atom is 0.574 e. The number of H-pyrrole nitrogens is 2. The Morgan fingerprint density at radius 2 is 1.31 bits per heavy atom. The van der Waals surface area contributed by atoms with Crippen LogP contribution in [0.25, 0.3) is 26.7 Å². The fourth-order valence-corrected chi connectivity index (χ4v) is 6.13. The van der Waals surface area contributed by atoms with Crippen molar-refractivity contribution in [2.24, 2.45) is 0 Å². The highest BCUT2D eigenvalue weighted by Gasteiger charge is 2.31. The van der Waals surface area contributed by atoms with Crippen LogP contribution in [-0.4, -0.2) is 42.8 Å². The minimum Gasteiger partial charge on any atom is -0.388 e. The molecule has 58 heavy (non-hydrogen) atoms. The summed E-state index contributed by atoms with van der Waals surface area (Å²) in [5, 5.41) is 24.9. The largest absolute Gasteiger partial charge is 0.574 e. The van der Waals surface area contributed by atoms with Crippen molar-refractivity contribution in [3.63, 3.8) is 0 Å². The number of rotatable bonds is 11. The van der Waals surface area contributed by atoms with Crippen molar-refractivity contribution in [1.29, 1.82) is 5.26 Å². The Bertz CT molecular complexity index is 2850. The molecular formula is C42H32F3N12O+. The molecule has 13 nitrogen and oxygen atoms in total. The molecular weight excluding hydrogens is 746 g/mol. The van der Waals surface area contributed by atoms with Gasteiger partial charge in [0.2, 0.25) is 5.88 Å². The van der Waals surface area contributed by atoms with E-state index in [1.807, 2.05) is 80.0 Å². The number of hydrogen-bond acceptors (Lipinski definition) is 10. The summed E-state index contributed by atoms with van der Waals surface area (Å²) in [5.74, 6) is 0.345. The monoisotopic (exact) mass is 777 g/mol. The number of ether oxygens (including phenoxy) is 1. The van der Waals surface area contributed by atoms with Gasteiger partial charge in [-0.15, -0.1) is 13.2 Å². The number of nitriles is 1. The van der Waals surface area contributed by atoms with Gasteiger partial charge in [0.25, 0.3) is 6.54 Å². The molecule has 0 radical (unpaired) electrons. The highest BCUT2D eigenvalue weighted by molar-refractivity contribution is 5.85. The second kappa shape index (κ2) is 15.9. The predicted octanol–water partition coefficient (Wildman–Crippen LogP) is 10.5. The number of aromatic nitrogens is 6. The molecule has 1 unspecified atom stereocenters. The molecule has 0 fully saturated rings. The summed E-state index contributed by atoms with van der Waals surface area (Å²) in [5.41, 5.74) is 7.45. The summed E-state index contributed by atoms with van der Waals surface area (Å²) in [6.45, 7) is 2.37. The smallest absolute Gasteiger partial charge is 0.388 e. The molecule has 0 saturated carbocycles. The molecule has 0 aliphatic rings. The van der Waals surface area contributed by atoms with Crippen LogP contribution in [0.4, 0.5) is 58.9 Å². The SMILES string of the molecule is CC(C[N+]#Cc1cc(Nc2ccc(OC(F)(F)F)nc2)cc(Nc2ccc3cc[nH]c3c2)n1)c1cncc(Nc2cc(C#N)nc(Nc3ccc4cc[nH]c4c3)c2)c1. The Kier molecular flexibility index (Phi) is 10.1. The van der Waals surface area contributed by atoms with Crippen molar-refractivity contribution < 1.29 is 17.9 Å². The van der Waals surface area contributed by atoms with E-state index in [0.717, 1.165) is 44.8 Å². The Balaban J connectivity index is 0.981. The van der Waals surface area contributed by atoms with Gasteiger partial charge in [-0.05, 0) is 70.9 Å². The van der Waals surface area contributed by atoms with Crippen molar-refractivity contribution in [2.45, 2.75) is 19.2 Å². The van der Waals surface area contributed by atoms with Crippen molar-refractivity contribution in [3.8, 4) is 18.0 Å². The van der Waals surface area contributed by atoms with Crippen LogP contribution in [-0.2, 0) is 0 Å². The molecule has 8 aromatic rings. The van der Waals surface area contributed by atoms with E-state index in [1.54, 1.807) is 30.6 Å². The van der Waals surface area contributed by atoms with Gasteiger partial charge in [-0.2, -0.15) is 5.26 Å². The summed E-state index contributed by atoms with van der Waals surface area (Å²) in [4.78, 5) is 28.3. The molecule has 286 valence electrons. The van der Waals surface area contributed by atoms with E-state index in [9.17, 15) is 18.4 Å². The lowest BCUT2D eigenvalue weighted by molar-refractivity contribution is -0.276. The molecule has 6 aromatic heterocycles. The molecule has 0 spiro atoms. The summed E-state index contributed by atoms with van der Waals surface area (Å²) in [6, 6.07) is 32.4. The van der Waals surface area contributed by atoms with Gasteiger partial charge in [0, 0.05) is 76.6 Å². The maximum absolute atomic E-state index is 12.7. The lowest BCUT2D eigenvalue weighted by atomic mass is 10.0. The van der Waals surface area contributed by atoms with Crippen molar-refractivity contribution >= 4 is 67.6 Å². The van der Waals surface area contributed by atoms with E-state index in [1.165, 1.54) is 12.3 Å². The lowest BCUT2D eigenvalue weighted by Crippen LogP contribution is -2.17. The number of hydrogen-bond donors (Lipinski definition) is 6. The maximum atomic E-state index is 12.7. The third-order valence-electron chi connectivity index (χ3n) is 8.84. The highest BCUT2D eigenvalue weighted by Crippen LogP contribution is 2.29. The minimum atomic E-state index is -4.85. The first-order valence-electron chi connectivity index (χ1n) is 17.9. The van der Waals surface area contributed by atoms with Gasteiger partial charge in [-0.1, -0.05) is 23.9 Å².